The summed E-state index contributed by atoms with van der Waals surface area (Å²) in [5, 5.41) is 9.89. The molecule has 3 aromatic heterocycles. The summed E-state index contributed by atoms with van der Waals surface area (Å²) < 4.78 is 82.6. The van der Waals surface area contributed by atoms with E-state index in [-0.39, 0.29) is 40.3 Å². The van der Waals surface area contributed by atoms with Gasteiger partial charge in [-0.15, -0.1) is 5.10 Å². The number of halogens is 3. The zero-order valence-electron chi connectivity index (χ0n) is 26.6. The lowest BCUT2D eigenvalue weighted by molar-refractivity contribution is -0.219. The van der Waals surface area contributed by atoms with Gasteiger partial charge >= 0.3 is 6.18 Å². The smallest absolute Gasteiger partial charge is 0.397 e. The van der Waals surface area contributed by atoms with E-state index in [1.54, 1.807) is 19.0 Å². The summed E-state index contributed by atoms with van der Waals surface area (Å²) in [6.45, 7) is 11.5. The first-order chi connectivity index (χ1) is 20.7. The van der Waals surface area contributed by atoms with Gasteiger partial charge in [0.1, 0.15) is 11.5 Å². The number of amides is 1. The van der Waals surface area contributed by atoms with Crippen LogP contribution in [0.3, 0.4) is 0 Å². The maximum absolute atomic E-state index is 14.2. The van der Waals surface area contributed by atoms with Crippen molar-refractivity contribution in [2.45, 2.75) is 70.7 Å². The third kappa shape index (κ3) is 7.42. The van der Waals surface area contributed by atoms with Gasteiger partial charge in [0.2, 0.25) is 14.9 Å². The van der Waals surface area contributed by atoms with Crippen molar-refractivity contribution >= 4 is 25.0 Å². The Hall–Kier alpha value is -3.28. The number of carbonyl (C=O) groups is 1. The Labute approximate surface area is 262 Å². The van der Waals surface area contributed by atoms with Crippen molar-refractivity contribution in [3.05, 3.63) is 48.0 Å². The van der Waals surface area contributed by atoms with E-state index < -0.39 is 48.7 Å². The van der Waals surface area contributed by atoms with Crippen LogP contribution in [-0.2, 0) is 21.5 Å². The summed E-state index contributed by atoms with van der Waals surface area (Å²) >= 11 is 0. The minimum Gasteiger partial charge on any atom is -0.476 e. The van der Waals surface area contributed by atoms with Crippen molar-refractivity contribution < 1.29 is 35.5 Å². The minimum absolute atomic E-state index is 0.00108. The van der Waals surface area contributed by atoms with E-state index in [2.05, 4.69) is 15.2 Å². The van der Waals surface area contributed by atoms with E-state index in [0.717, 1.165) is 18.3 Å². The van der Waals surface area contributed by atoms with E-state index in [9.17, 15) is 26.4 Å². The van der Waals surface area contributed by atoms with Crippen LogP contribution >= 0.6 is 0 Å². The lowest BCUT2D eigenvalue weighted by Crippen LogP contribution is -2.55. The average Bonchev–Trinajstić information content (AvgIpc) is 3.62. The van der Waals surface area contributed by atoms with Crippen LogP contribution in [-0.4, -0.2) is 88.8 Å². The van der Waals surface area contributed by atoms with Crippen LogP contribution in [0.25, 0.3) is 5.82 Å². The molecule has 1 radical (unpaired) electrons. The van der Waals surface area contributed by atoms with Crippen molar-refractivity contribution in [3.8, 4) is 11.7 Å². The topological polar surface area (TPSA) is 125 Å². The SMILES string of the molecule is Cc1nn(C)cc1S(=O)(=O)N(C(=O)c1ccc(-n2ccc(OCC(C)(C)C(F)(F)F)n2)nc1)N1CC(CO[Si](C)C)CC1(C)C. The molecule has 4 heterocycles. The highest BCUT2D eigenvalue weighted by molar-refractivity contribution is 7.89. The summed E-state index contributed by atoms with van der Waals surface area (Å²) in [5.74, 6) is -0.600. The van der Waals surface area contributed by atoms with Crippen molar-refractivity contribution in [1.29, 1.82) is 0 Å². The standard InChI is InChI=1S/C28H39F3N7O5SSi/c1-19-22(16-35(6)33-19)44(40,41)38(37-15-20(13-27(37,4)5)17-43-45(7)8)25(39)21-9-10-23(32-14-21)36-12-11-24(34-36)42-18-26(2,3)28(29,30)31/h9-12,14,16,20H,13,15,17-18H2,1-8H3. The molecule has 1 aliphatic rings. The fraction of sp³-hybridized carbons (Fsp3) is 0.571. The van der Waals surface area contributed by atoms with Gasteiger partial charge in [0.25, 0.3) is 15.9 Å². The quantitative estimate of drug-likeness (QED) is 0.273. The molecule has 1 fully saturated rings. The molecule has 0 bridgehead atoms. The van der Waals surface area contributed by atoms with Gasteiger partial charge in [-0.3, -0.25) is 9.48 Å². The van der Waals surface area contributed by atoms with Crippen LogP contribution in [0.15, 0.2) is 41.7 Å². The second-order valence-corrected chi connectivity index (χ2v) is 16.5. The zero-order valence-corrected chi connectivity index (χ0v) is 28.4. The van der Waals surface area contributed by atoms with Crippen LogP contribution in [0.1, 0.15) is 50.2 Å². The molecule has 1 aliphatic heterocycles. The third-order valence-corrected chi connectivity index (χ3v) is 10.1. The van der Waals surface area contributed by atoms with Gasteiger partial charge in [0.15, 0.2) is 5.82 Å². The van der Waals surface area contributed by atoms with Gasteiger partial charge in [-0.05, 0) is 72.2 Å². The van der Waals surface area contributed by atoms with Crippen molar-refractivity contribution in [2.24, 2.45) is 18.4 Å². The molecule has 247 valence electrons. The first-order valence-electron chi connectivity index (χ1n) is 14.2. The first-order valence-corrected chi connectivity index (χ1v) is 18.1. The Balaban J connectivity index is 1.63. The molecule has 1 atom stereocenters. The van der Waals surface area contributed by atoms with E-state index in [0.29, 0.717) is 13.0 Å². The number of rotatable bonds is 11. The van der Waals surface area contributed by atoms with Crippen LogP contribution in [0, 0.1) is 18.3 Å². The number of carbonyl (C=O) groups excluding carboxylic acids is 1. The Morgan fingerprint density at radius 3 is 2.42 bits per heavy atom. The molecule has 12 nitrogen and oxygen atoms in total. The van der Waals surface area contributed by atoms with Gasteiger partial charge in [-0.1, -0.05) is 0 Å². The normalized spacial score (nSPS) is 17.6. The molecular formula is C28H39F3N7O5SSi. The molecular weight excluding hydrogens is 631 g/mol. The Bertz CT molecular complexity index is 1620. The molecule has 0 N–H and O–H groups in total. The summed E-state index contributed by atoms with van der Waals surface area (Å²) in [7, 11) is -3.77. The maximum Gasteiger partial charge on any atom is 0.397 e. The third-order valence-electron chi connectivity index (χ3n) is 7.54. The molecule has 4 rings (SSSR count). The summed E-state index contributed by atoms with van der Waals surface area (Å²) in [5.41, 5.74) is -2.53. The molecule has 0 aliphatic carbocycles. The number of hydrogen-bond donors (Lipinski definition) is 0. The molecule has 0 aromatic carbocycles. The molecule has 17 heteroatoms. The number of hydrazine groups is 1. The van der Waals surface area contributed by atoms with E-state index in [1.807, 2.05) is 26.9 Å². The van der Waals surface area contributed by atoms with Crippen molar-refractivity contribution in [3.63, 3.8) is 0 Å². The lowest BCUT2D eigenvalue weighted by Gasteiger charge is -2.39. The molecule has 1 unspecified atom stereocenters. The average molecular weight is 671 g/mol. The zero-order chi connectivity index (χ0) is 33.5. The largest absolute Gasteiger partial charge is 0.476 e. The van der Waals surface area contributed by atoms with Crippen molar-refractivity contribution in [1.82, 2.24) is 34.0 Å². The molecule has 45 heavy (non-hydrogen) atoms. The molecule has 1 saturated heterocycles. The second-order valence-electron chi connectivity index (χ2n) is 12.7. The number of nitrogens with zero attached hydrogens (tertiary/aromatic N) is 7. The number of hydrogen-bond acceptors (Lipinski definition) is 9. The highest BCUT2D eigenvalue weighted by Crippen LogP contribution is 2.39. The van der Waals surface area contributed by atoms with Gasteiger partial charge in [-0.2, -0.15) is 36.1 Å². The fourth-order valence-electron chi connectivity index (χ4n) is 4.96. The Morgan fingerprint density at radius 1 is 1.18 bits per heavy atom. The first kappa shape index (κ1) is 34.6. The number of aromatic nitrogens is 5. The molecule has 0 saturated carbocycles. The molecule has 3 aromatic rings. The number of aryl methyl sites for hydroxylation is 2. The highest BCUT2D eigenvalue weighted by Gasteiger charge is 2.49. The van der Waals surface area contributed by atoms with Crippen LogP contribution in [0.5, 0.6) is 5.88 Å². The van der Waals surface area contributed by atoms with E-state index in [4.69, 9.17) is 9.16 Å². The van der Waals surface area contributed by atoms with E-state index in [1.165, 1.54) is 46.2 Å². The number of sulfonamides is 1. The number of alkyl halides is 3. The van der Waals surface area contributed by atoms with Crippen LogP contribution < -0.4 is 4.74 Å². The summed E-state index contributed by atoms with van der Waals surface area (Å²) in [6.07, 6.45) is 0.207. The number of pyridine rings is 1. The minimum atomic E-state index is -4.45. The Morgan fingerprint density at radius 2 is 1.87 bits per heavy atom. The fourth-order valence-corrected chi connectivity index (χ4v) is 7.29. The molecule has 0 spiro atoms. The molecule has 1 amide bonds. The second kappa shape index (κ2) is 12.5. The van der Waals surface area contributed by atoms with Crippen LogP contribution in [0.2, 0.25) is 13.1 Å². The van der Waals surface area contributed by atoms with Gasteiger partial charge < -0.3 is 9.16 Å². The maximum atomic E-state index is 14.2. The Kier molecular flexibility index (Phi) is 9.60. The predicted molar refractivity (Wildman–Crippen MR) is 160 cm³/mol. The predicted octanol–water partition coefficient (Wildman–Crippen LogP) is 4.39. The lowest BCUT2D eigenvalue weighted by atomic mass is 9.94. The summed E-state index contributed by atoms with van der Waals surface area (Å²) in [6, 6.07) is 4.28. The monoisotopic (exact) mass is 670 g/mol. The van der Waals surface area contributed by atoms with Crippen molar-refractivity contribution in [2.75, 3.05) is 19.8 Å². The number of ether oxygens (including phenoxy) is 1. The van der Waals surface area contributed by atoms with Gasteiger partial charge in [0.05, 0.1) is 16.7 Å². The summed E-state index contributed by atoms with van der Waals surface area (Å²) in [4.78, 5) is 18.3. The van der Waals surface area contributed by atoms with E-state index >= 15 is 0 Å². The van der Waals surface area contributed by atoms with Gasteiger partial charge in [0, 0.05) is 50.4 Å². The van der Waals surface area contributed by atoms with Gasteiger partial charge in [-0.25, -0.2) is 9.67 Å². The highest BCUT2D eigenvalue weighted by atomic mass is 32.2. The van der Waals surface area contributed by atoms with Crippen LogP contribution in [0.4, 0.5) is 13.2 Å².